The van der Waals surface area contributed by atoms with Crippen LogP contribution < -0.4 is 10.6 Å². The highest BCUT2D eigenvalue weighted by Crippen LogP contribution is 2.11. The van der Waals surface area contributed by atoms with Crippen molar-refractivity contribution in [3.63, 3.8) is 0 Å². The number of carboxylic acids is 1. The van der Waals surface area contributed by atoms with Crippen LogP contribution in [0.2, 0.25) is 0 Å². The van der Waals surface area contributed by atoms with Crippen molar-refractivity contribution in [2.24, 2.45) is 17.8 Å². The van der Waals surface area contributed by atoms with E-state index in [2.05, 4.69) is 24.5 Å². The third-order valence-electron chi connectivity index (χ3n) is 3.41. The van der Waals surface area contributed by atoms with Crippen molar-refractivity contribution in [2.45, 2.75) is 66.3 Å². The highest BCUT2D eigenvalue weighted by atomic mass is 16.4. The smallest absolute Gasteiger partial charge is 0.315 e. The maximum absolute atomic E-state index is 11.7. The largest absolute Gasteiger partial charge is 0.481 e. The van der Waals surface area contributed by atoms with E-state index in [0.717, 1.165) is 19.3 Å². The molecule has 5 heteroatoms. The molecule has 0 heterocycles. The molecule has 0 radical (unpaired) electrons. The minimum Gasteiger partial charge on any atom is -0.481 e. The predicted octanol–water partition coefficient (Wildman–Crippen LogP) is 3.25. The summed E-state index contributed by atoms with van der Waals surface area (Å²) in [6, 6.07) is -0.167. The number of carboxylic acid groups (broad SMARTS) is 1. The van der Waals surface area contributed by atoms with Gasteiger partial charge in [-0.25, -0.2) is 4.79 Å². The molecule has 124 valence electrons. The Kier molecular flexibility index (Phi) is 9.84. The summed E-state index contributed by atoms with van der Waals surface area (Å²) >= 11 is 0. The van der Waals surface area contributed by atoms with Gasteiger partial charge >= 0.3 is 12.0 Å². The molecule has 0 aromatic rings. The molecule has 0 spiro atoms. The van der Waals surface area contributed by atoms with Crippen molar-refractivity contribution >= 4 is 12.0 Å². The number of hydrogen-bond donors (Lipinski definition) is 3. The van der Waals surface area contributed by atoms with Gasteiger partial charge in [-0.15, -0.1) is 0 Å². The normalized spacial score (nSPS) is 14.0. The molecule has 2 atom stereocenters. The summed E-state index contributed by atoms with van der Waals surface area (Å²) in [4.78, 5) is 22.9. The average molecular weight is 300 g/mol. The van der Waals surface area contributed by atoms with Crippen LogP contribution in [0.25, 0.3) is 0 Å². The molecule has 0 rings (SSSR count). The Bertz CT molecular complexity index is 317. The number of nitrogens with one attached hydrogen (secondary N) is 2. The van der Waals surface area contributed by atoms with E-state index in [1.165, 1.54) is 0 Å². The number of rotatable bonds is 10. The van der Waals surface area contributed by atoms with Crippen LogP contribution in [-0.2, 0) is 4.79 Å². The number of carbonyl (C=O) groups is 2. The third kappa shape index (κ3) is 11.1. The van der Waals surface area contributed by atoms with Gasteiger partial charge in [-0.3, -0.25) is 4.79 Å². The molecule has 0 aliphatic rings. The molecule has 3 N–H and O–H groups in total. The minimum absolute atomic E-state index is 0.108. The molecule has 0 saturated heterocycles. The van der Waals surface area contributed by atoms with Gasteiger partial charge in [-0.2, -0.15) is 0 Å². The van der Waals surface area contributed by atoms with E-state index in [1.54, 1.807) is 0 Å². The Hall–Kier alpha value is -1.26. The highest BCUT2D eigenvalue weighted by molar-refractivity contribution is 5.76. The summed E-state index contributed by atoms with van der Waals surface area (Å²) in [6.45, 7) is 10.5. The lowest BCUT2D eigenvalue weighted by Crippen LogP contribution is -2.43. The molecular formula is C16H32N2O3. The zero-order valence-electron chi connectivity index (χ0n) is 14.1. The van der Waals surface area contributed by atoms with Crippen LogP contribution in [0.1, 0.15) is 60.3 Å². The minimum atomic E-state index is -0.853. The number of aliphatic carboxylic acids is 1. The van der Waals surface area contributed by atoms with Gasteiger partial charge in [0.25, 0.3) is 0 Å². The lowest BCUT2D eigenvalue weighted by molar-refractivity contribution is -0.142. The summed E-state index contributed by atoms with van der Waals surface area (Å²) in [5.74, 6) is -0.398. The molecule has 0 aromatic carbocycles. The zero-order chi connectivity index (χ0) is 16.4. The van der Waals surface area contributed by atoms with Gasteiger partial charge in [0.1, 0.15) is 0 Å². The molecule has 0 saturated carbocycles. The fourth-order valence-electron chi connectivity index (χ4n) is 2.24. The monoisotopic (exact) mass is 300 g/mol. The highest BCUT2D eigenvalue weighted by Gasteiger charge is 2.19. The second kappa shape index (κ2) is 10.5. The molecule has 0 aromatic heterocycles. The molecule has 0 aliphatic heterocycles. The summed E-state index contributed by atoms with van der Waals surface area (Å²) in [5.41, 5.74) is 0. The molecule has 2 amide bonds. The number of hydrogen-bond acceptors (Lipinski definition) is 2. The Labute approximate surface area is 128 Å². The molecule has 5 nitrogen and oxygen atoms in total. The molecule has 0 fully saturated rings. The van der Waals surface area contributed by atoms with Crippen LogP contribution in [0.15, 0.2) is 0 Å². The second-order valence-corrected chi connectivity index (χ2v) is 6.74. The summed E-state index contributed by atoms with van der Waals surface area (Å²) in [6.07, 6.45) is 3.76. The average Bonchev–Trinajstić information content (AvgIpc) is 2.33. The zero-order valence-corrected chi connectivity index (χ0v) is 14.1. The maximum atomic E-state index is 11.7. The number of urea groups is 1. The fourth-order valence-corrected chi connectivity index (χ4v) is 2.24. The van der Waals surface area contributed by atoms with Crippen molar-refractivity contribution < 1.29 is 14.7 Å². The standard InChI is InChI=1S/C16H32N2O3/c1-11(2)7-6-8-13(5)18-16(21)17-10-14(15(19)20)9-12(3)4/h11-14H,6-10H2,1-5H3,(H,19,20)(H2,17,18,21). The molecule has 21 heavy (non-hydrogen) atoms. The van der Waals surface area contributed by atoms with Gasteiger partial charge in [0, 0.05) is 12.6 Å². The van der Waals surface area contributed by atoms with Crippen molar-refractivity contribution in [1.29, 1.82) is 0 Å². The quantitative estimate of drug-likeness (QED) is 0.579. The Morgan fingerprint density at radius 3 is 2.10 bits per heavy atom. The van der Waals surface area contributed by atoms with Gasteiger partial charge in [-0.1, -0.05) is 40.5 Å². The van der Waals surface area contributed by atoms with Gasteiger partial charge in [0.2, 0.25) is 0 Å². The molecule has 0 aliphatic carbocycles. The van der Waals surface area contributed by atoms with Crippen LogP contribution in [0.5, 0.6) is 0 Å². The van der Waals surface area contributed by atoms with E-state index < -0.39 is 11.9 Å². The van der Waals surface area contributed by atoms with Gasteiger partial charge in [0.15, 0.2) is 0 Å². The van der Waals surface area contributed by atoms with Crippen LogP contribution in [0.4, 0.5) is 4.79 Å². The SMILES string of the molecule is CC(C)CCCC(C)NC(=O)NCC(CC(C)C)C(=O)O. The van der Waals surface area contributed by atoms with E-state index in [9.17, 15) is 9.59 Å². The van der Waals surface area contributed by atoms with Crippen LogP contribution in [0.3, 0.4) is 0 Å². The lowest BCUT2D eigenvalue weighted by Gasteiger charge is -2.18. The first-order chi connectivity index (χ1) is 9.72. The maximum Gasteiger partial charge on any atom is 0.315 e. The van der Waals surface area contributed by atoms with Gasteiger partial charge in [-0.05, 0) is 31.6 Å². The lowest BCUT2D eigenvalue weighted by atomic mass is 9.97. The van der Waals surface area contributed by atoms with Crippen molar-refractivity contribution in [2.75, 3.05) is 6.54 Å². The number of amides is 2. The molecule has 2 unspecified atom stereocenters. The van der Waals surface area contributed by atoms with E-state index in [-0.39, 0.29) is 18.6 Å². The van der Waals surface area contributed by atoms with Crippen LogP contribution in [0, 0.1) is 17.8 Å². The third-order valence-corrected chi connectivity index (χ3v) is 3.41. The van der Waals surface area contributed by atoms with Crippen molar-refractivity contribution in [1.82, 2.24) is 10.6 Å². The van der Waals surface area contributed by atoms with E-state index in [4.69, 9.17) is 5.11 Å². The summed E-state index contributed by atoms with van der Waals surface area (Å²) in [5, 5.41) is 14.6. The topological polar surface area (TPSA) is 78.4 Å². The van der Waals surface area contributed by atoms with Crippen LogP contribution >= 0.6 is 0 Å². The van der Waals surface area contributed by atoms with Gasteiger partial charge in [0.05, 0.1) is 5.92 Å². The fraction of sp³-hybridized carbons (Fsp3) is 0.875. The first-order valence-corrected chi connectivity index (χ1v) is 7.99. The first-order valence-electron chi connectivity index (χ1n) is 7.99. The van der Waals surface area contributed by atoms with E-state index >= 15 is 0 Å². The Morgan fingerprint density at radius 2 is 1.62 bits per heavy atom. The second-order valence-electron chi connectivity index (χ2n) is 6.74. The summed E-state index contributed by atoms with van der Waals surface area (Å²) in [7, 11) is 0. The van der Waals surface area contributed by atoms with E-state index in [1.807, 2.05) is 20.8 Å². The molecule has 0 bridgehead atoms. The first kappa shape index (κ1) is 19.7. The van der Waals surface area contributed by atoms with Gasteiger partial charge < -0.3 is 15.7 Å². The Balaban J connectivity index is 3.98. The van der Waals surface area contributed by atoms with Crippen molar-refractivity contribution in [3.05, 3.63) is 0 Å². The van der Waals surface area contributed by atoms with E-state index in [0.29, 0.717) is 18.3 Å². The van der Waals surface area contributed by atoms with Crippen LogP contribution in [-0.4, -0.2) is 29.7 Å². The van der Waals surface area contributed by atoms with Crippen molar-refractivity contribution in [3.8, 4) is 0 Å². The number of carbonyl (C=O) groups excluding carboxylic acids is 1. The Morgan fingerprint density at radius 1 is 1.00 bits per heavy atom. The molecular weight excluding hydrogens is 268 g/mol. The predicted molar refractivity (Wildman–Crippen MR) is 85.3 cm³/mol. The summed E-state index contributed by atoms with van der Waals surface area (Å²) < 4.78 is 0.